The van der Waals surface area contributed by atoms with Crippen molar-refractivity contribution in [1.82, 2.24) is 25.1 Å². The highest BCUT2D eigenvalue weighted by Crippen LogP contribution is 2.30. The van der Waals surface area contributed by atoms with Gasteiger partial charge in [0.2, 0.25) is 5.91 Å². The van der Waals surface area contributed by atoms with Crippen LogP contribution in [0.5, 0.6) is 5.75 Å². The zero-order valence-corrected chi connectivity index (χ0v) is 17.7. The Morgan fingerprint density at radius 2 is 1.97 bits per heavy atom. The SMILES string of the molecule is COc1cc(/C=C2\CCCN([C@@H](C)c3ccc(F)cc3)C2=O)ccc1-n1nnc(C)n1. The molecule has 1 aliphatic heterocycles. The van der Waals surface area contributed by atoms with E-state index >= 15 is 0 Å². The third kappa shape index (κ3) is 4.33. The largest absolute Gasteiger partial charge is 0.494 e. The Kier molecular flexibility index (Phi) is 5.79. The smallest absolute Gasteiger partial charge is 0.250 e. The molecule has 4 rings (SSSR count). The molecule has 0 unspecified atom stereocenters. The van der Waals surface area contributed by atoms with Crippen LogP contribution >= 0.6 is 0 Å². The number of benzene rings is 2. The van der Waals surface area contributed by atoms with E-state index in [0.717, 1.165) is 23.1 Å². The zero-order valence-electron chi connectivity index (χ0n) is 17.7. The topological polar surface area (TPSA) is 73.1 Å². The molecule has 0 saturated carbocycles. The predicted octanol–water partition coefficient (Wildman–Crippen LogP) is 3.89. The minimum atomic E-state index is -0.282. The summed E-state index contributed by atoms with van der Waals surface area (Å²) in [6.07, 6.45) is 3.48. The predicted molar refractivity (Wildman–Crippen MR) is 114 cm³/mol. The minimum Gasteiger partial charge on any atom is -0.494 e. The molecule has 2 aromatic carbocycles. The maximum atomic E-state index is 13.3. The Morgan fingerprint density at radius 3 is 2.65 bits per heavy atom. The highest BCUT2D eigenvalue weighted by Gasteiger charge is 2.28. The van der Waals surface area contributed by atoms with Gasteiger partial charge in [-0.05, 0) is 73.4 Å². The van der Waals surface area contributed by atoms with Crippen molar-refractivity contribution in [2.24, 2.45) is 0 Å². The van der Waals surface area contributed by atoms with Gasteiger partial charge in [-0.3, -0.25) is 4.79 Å². The van der Waals surface area contributed by atoms with Crippen LogP contribution in [-0.2, 0) is 4.79 Å². The maximum absolute atomic E-state index is 13.3. The molecule has 0 aliphatic carbocycles. The Bertz CT molecular complexity index is 1120. The van der Waals surface area contributed by atoms with Crippen LogP contribution in [0.3, 0.4) is 0 Å². The fourth-order valence-electron chi connectivity index (χ4n) is 3.79. The van der Waals surface area contributed by atoms with Gasteiger partial charge in [0.05, 0.1) is 13.2 Å². The number of methoxy groups -OCH3 is 1. The van der Waals surface area contributed by atoms with Crippen LogP contribution in [0, 0.1) is 12.7 Å². The Balaban J connectivity index is 1.59. The molecule has 1 amide bonds. The van der Waals surface area contributed by atoms with E-state index in [1.54, 1.807) is 26.2 Å². The molecule has 0 radical (unpaired) electrons. The van der Waals surface area contributed by atoms with Crippen LogP contribution in [0.2, 0.25) is 0 Å². The molecule has 7 nitrogen and oxygen atoms in total. The number of hydrogen-bond acceptors (Lipinski definition) is 5. The summed E-state index contributed by atoms with van der Waals surface area (Å²) in [5.74, 6) is 0.873. The highest BCUT2D eigenvalue weighted by molar-refractivity contribution is 5.98. The van der Waals surface area contributed by atoms with Crippen LogP contribution in [0.15, 0.2) is 48.0 Å². The molecule has 1 aromatic heterocycles. The summed E-state index contributed by atoms with van der Waals surface area (Å²) in [5, 5.41) is 12.1. The minimum absolute atomic E-state index is 0.000291. The number of rotatable bonds is 5. The van der Waals surface area contributed by atoms with Gasteiger partial charge in [-0.25, -0.2) is 4.39 Å². The van der Waals surface area contributed by atoms with Crippen molar-refractivity contribution in [3.05, 3.63) is 70.8 Å². The van der Waals surface area contributed by atoms with Gasteiger partial charge in [0.25, 0.3) is 0 Å². The zero-order chi connectivity index (χ0) is 22.0. The van der Waals surface area contributed by atoms with E-state index in [-0.39, 0.29) is 17.8 Å². The molecule has 0 bridgehead atoms. The summed E-state index contributed by atoms with van der Waals surface area (Å²) >= 11 is 0. The van der Waals surface area contributed by atoms with E-state index in [4.69, 9.17) is 4.74 Å². The molecule has 1 aliphatic rings. The first kappa shape index (κ1) is 20.7. The molecule has 3 aromatic rings. The number of amides is 1. The molecule has 1 saturated heterocycles. The molecule has 31 heavy (non-hydrogen) atoms. The lowest BCUT2D eigenvalue weighted by Gasteiger charge is -2.34. The number of ether oxygens (including phenoxy) is 1. The number of aryl methyl sites for hydroxylation is 1. The Morgan fingerprint density at radius 1 is 1.19 bits per heavy atom. The first-order valence-corrected chi connectivity index (χ1v) is 10.2. The second-order valence-corrected chi connectivity index (χ2v) is 7.56. The quantitative estimate of drug-likeness (QED) is 0.585. The van der Waals surface area contributed by atoms with Crippen LogP contribution in [0.4, 0.5) is 4.39 Å². The Labute approximate surface area is 180 Å². The molecule has 1 fully saturated rings. The first-order valence-electron chi connectivity index (χ1n) is 10.2. The lowest BCUT2D eigenvalue weighted by atomic mass is 9.97. The van der Waals surface area contributed by atoms with Crippen LogP contribution in [0.25, 0.3) is 11.8 Å². The second kappa shape index (κ2) is 8.67. The van der Waals surface area contributed by atoms with Crippen molar-refractivity contribution in [2.75, 3.05) is 13.7 Å². The van der Waals surface area contributed by atoms with Gasteiger partial charge in [0.1, 0.15) is 17.3 Å². The summed E-state index contributed by atoms with van der Waals surface area (Å²) in [6, 6.07) is 11.8. The summed E-state index contributed by atoms with van der Waals surface area (Å²) < 4.78 is 18.8. The number of carbonyl (C=O) groups is 1. The third-order valence-corrected chi connectivity index (χ3v) is 5.47. The van der Waals surface area contributed by atoms with Crippen molar-refractivity contribution in [3.63, 3.8) is 0 Å². The van der Waals surface area contributed by atoms with Crippen molar-refractivity contribution >= 4 is 12.0 Å². The van der Waals surface area contributed by atoms with E-state index in [0.29, 0.717) is 30.2 Å². The van der Waals surface area contributed by atoms with Gasteiger partial charge < -0.3 is 9.64 Å². The van der Waals surface area contributed by atoms with Crippen LogP contribution in [0.1, 0.15) is 42.8 Å². The molecule has 0 N–H and O–H groups in total. The van der Waals surface area contributed by atoms with E-state index in [1.807, 2.05) is 36.1 Å². The van der Waals surface area contributed by atoms with E-state index in [9.17, 15) is 9.18 Å². The number of likely N-dealkylation sites (tertiary alicyclic amines) is 1. The van der Waals surface area contributed by atoms with Gasteiger partial charge in [0.15, 0.2) is 5.82 Å². The molecule has 8 heteroatoms. The summed E-state index contributed by atoms with van der Waals surface area (Å²) in [6.45, 7) is 4.41. The average Bonchev–Trinajstić information content (AvgIpc) is 3.21. The number of hydrogen-bond donors (Lipinski definition) is 0. The molecular formula is C23H24FN5O2. The second-order valence-electron chi connectivity index (χ2n) is 7.56. The number of nitrogens with zero attached hydrogens (tertiary/aromatic N) is 5. The number of halogens is 1. The maximum Gasteiger partial charge on any atom is 0.250 e. The van der Waals surface area contributed by atoms with Crippen molar-refractivity contribution < 1.29 is 13.9 Å². The first-order chi connectivity index (χ1) is 15.0. The van der Waals surface area contributed by atoms with E-state index < -0.39 is 0 Å². The van der Waals surface area contributed by atoms with Gasteiger partial charge in [-0.1, -0.05) is 18.2 Å². The summed E-state index contributed by atoms with van der Waals surface area (Å²) in [4.78, 5) is 16.4. The lowest BCUT2D eigenvalue weighted by molar-refractivity contribution is -0.130. The van der Waals surface area contributed by atoms with Gasteiger partial charge >= 0.3 is 0 Å². The summed E-state index contributed by atoms with van der Waals surface area (Å²) in [5.41, 5.74) is 3.19. The number of tetrazole rings is 1. The van der Waals surface area contributed by atoms with Crippen molar-refractivity contribution in [1.29, 1.82) is 0 Å². The Hall–Kier alpha value is -3.55. The number of carbonyl (C=O) groups excluding carboxylic acids is 1. The number of aromatic nitrogens is 4. The van der Waals surface area contributed by atoms with Crippen molar-refractivity contribution in [3.8, 4) is 11.4 Å². The fraction of sp³-hybridized carbons (Fsp3) is 0.304. The molecule has 2 heterocycles. The number of piperidine rings is 1. The monoisotopic (exact) mass is 421 g/mol. The summed E-state index contributed by atoms with van der Waals surface area (Å²) in [7, 11) is 1.58. The normalized spacial score (nSPS) is 16.6. The lowest BCUT2D eigenvalue weighted by Crippen LogP contribution is -2.38. The molecule has 160 valence electrons. The average molecular weight is 421 g/mol. The van der Waals surface area contributed by atoms with E-state index in [2.05, 4.69) is 15.4 Å². The van der Waals surface area contributed by atoms with Gasteiger partial charge in [0, 0.05) is 12.1 Å². The fourth-order valence-corrected chi connectivity index (χ4v) is 3.79. The third-order valence-electron chi connectivity index (χ3n) is 5.47. The van der Waals surface area contributed by atoms with Crippen LogP contribution < -0.4 is 4.74 Å². The van der Waals surface area contributed by atoms with E-state index in [1.165, 1.54) is 16.9 Å². The van der Waals surface area contributed by atoms with Crippen molar-refractivity contribution in [2.45, 2.75) is 32.7 Å². The van der Waals surface area contributed by atoms with Gasteiger partial charge in [-0.15, -0.1) is 15.0 Å². The highest BCUT2D eigenvalue weighted by atomic mass is 19.1. The van der Waals surface area contributed by atoms with Crippen LogP contribution in [-0.4, -0.2) is 44.7 Å². The molecular weight excluding hydrogens is 397 g/mol. The molecule has 0 spiro atoms. The van der Waals surface area contributed by atoms with Gasteiger partial charge in [-0.2, -0.15) is 0 Å². The standard InChI is InChI=1S/C23H24FN5O2/c1-15(18-7-9-20(24)10-8-18)28-12-4-5-19(23(28)30)13-17-6-11-21(22(14-17)31-3)29-26-16(2)25-27-29/h6-11,13-15H,4-5,12H2,1-3H3/b19-13+/t15-/m0/s1. The molecule has 1 atom stereocenters.